The summed E-state index contributed by atoms with van der Waals surface area (Å²) in [6.45, 7) is 7.79. The van der Waals surface area contributed by atoms with E-state index in [0.717, 1.165) is 23.5 Å². The van der Waals surface area contributed by atoms with Crippen LogP contribution in [0, 0.1) is 20.8 Å². The van der Waals surface area contributed by atoms with Gasteiger partial charge in [0.25, 0.3) is 0 Å². The van der Waals surface area contributed by atoms with E-state index >= 15 is 0 Å². The Morgan fingerprint density at radius 2 is 2.00 bits per heavy atom. The van der Waals surface area contributed by atoms with Crippen LogP contribution in [0.2, 0.25) is 0 Å². The third-order valence-corrected chi connectivity index (χ3v) is 4.82. The molecule has 2 aromatic heterocycles. The molecule has 0 N–H and O–H groups in total. The number of piperazine rings is 1. The largest absolute Gasteiger partial charge is 0.339 e. The monoisotopic (exact) mass is 332 g/mol. The van der Waals surface area contributed by atoms with Crippen LogP contribution in [0.1, 0.15) is 34.7 Å². The highest BCUT2D eigenvalue weighted by molar-refractivity contribution is 5.79. The lowest BCUT2D eigenvalue weighted by molar-refractivity contribution is -0.133. The predicted octanol–water partition coefficient (Wildman–Crippen LogP) is 0.786. The van der Waals surface area contributed by atoms with Crippen LogP contribution in [0.4, 0.5) is 0 Å². The standard InChI is InChI=1S/C16H24N6O2/c1-10-13(11(2)21(5)18-10)8-15(23)22-7-6-20(4)14(9-22)16-17-12(3)19-24-16/h14H,6-9H2,1-5H3. The van der Waals surface area contributed by atoms with Crippen LogP contribution < -0.4 is 0 Å². The number of rotatable bonds is 3. The van der Waals surface area contributed by atoms with Crippen molar-refractivity contribution in [2.75, 3.05) is 26.7 Å². The van der Waals surface area contributed by atoms with Crippen LogP contribution in [-0.4, -0.2) is 62.3 Å². The maximum Gasteiger partial charge on any atom is 0.245 e. The number of aromatic nitrogens is 4. The number of likely N-dealkylation sites (N-methyl/N-ethyl adjacent to an activating group) is 1. The zero-order chi connectivity index (χ0) is 17.4. The number of nitrogens with zero attached hydrogens (tertiary/aromatic N) is 6. The normalized spacial score (nSPS) is 19.0. The van der Waals surface area contributed by atoms with Crippen molar-refractivity contribution in [3.63, 3.8) is 0 Å². The summed E-state index contributed by atoms with van der Waals surface area (Å²) in [4.78, 5) is 21.1. The van der Waals surface area contributed by atoms with Crippen LogP contribution in [-0.2, 0) is 18.3 Å². The minimum atomic E-state index is -0.0556. The SMILES string of the molecule is Cc1noc(C2CN(C(=O)Cc3c(C)nn(C)c3C)CCN2C)n1. The first-order chi connectivity index (χ1) is 11.4. The Kier molecular flexibility index (Phi) is 4.40. The molecule has 1 unspecified atom stereocenters. The van der Waals surface area contributed by atoms with Gasteiger partial charge in [-0.2, -0.15) is 10.1 Å². The minimum absolute atomic E-state index is 0.0556. The number of carbonyl (C=O) groups excluding carboxylic acids is 1. The summed E-state index contributed by atoms with van der Waals surface area (Å²) in [6.07, 6.45) is 0.380. The molecule has 1 aliphatic rings. The van der Waals surface area contributed by atoms with E-state index in [1.54, 1.807) is 6.92 Å². The topological polar surface area (TPSA) is 80.3 Å². The fourth-order valence-electron chi connectivity index (χ4n) is 3.15. The van der Waals surface area contributed by atoms with E-state index < -0.39 is 0 Å². The molecule has 1 fully saturated rings. The second-order valence-corrected chi connectivity index (χ2v) is 6.47. The molecule has 3 rings (SSSR count). The van der Waals surface area contributed by atoms with Gasteiger partial charge in [-0.05, 0) is 27.8 Å². The predicted molar refractivity (Wildman–Crippen MR) is 87.4 cm³/mol. The average Bonchev–Trinajstić information content (AvgIpc) is 3.06. The van der Waals surface area contributed by atoms with Gasteiger partial charge in [-0.15, -0.1) is 0 Å². The van der Waals surface area contributed by atoms with Crippen LogP contribution in [0.25, 0.3) is 0 Å². The van der Waals surface area contributed by atoms with Crippen molar-refractivity contribution in [3.05, 3.63) is 28.7 Å². The van der Waals surface area contributed by atoms with Gasteiger partial charge >= 0.3 is 0 Å². The Hall–Kier alpha value is -2.22. The number of hydrogen-bond donors (Lipinski definition) is 0. The first-order valence-electron chi connectivity index (χ1n) is 8.14. The summed E-state index contributed by atoms with van der Waals surface area (Å²) >= 11 is 0. The van der Waals surface area contributed by atoms with Crippen molar-refractivity contribution in [2.45, 2.75) is 33.2 Å². The fourth-order valence-corrected chi connectivity index (χ4v) is 3.15. The molecule has 1 aliphatic heterocycles. The molecule has 0 spiro atoms. The van der Waals surface area contributed by atoms with E-state index in [1.807, 2.05) is 37.5 Å². The van der Waals surface area contributed by atoms with Gasteiger partial charge in [0.1, 0.15) is 6.04 Å². The maximum absolute atomic E-state index is 12.8. The van der Waals surface area contributed by atoms with Crippen molar-refractivity contribution in [2.24, 2.45) is 7.05 Å². The minimum Gasteiger partial charge on any atom is -0.339 e. The highest BCUT2D eigenvalue weighted by atomic mass is 16.5. The number of aryl methyl sites for hydroxylation is 3. The van der Waals surface area contributed by atoms with Gasteiger partial charge in [0.15, 0.2) is 5.82 Å². The molecule has 0 bridgehead atoms. The van der Waals surface area contributed by atoms with Gasteiger partial charge in [0.2, 0.25) is 11.8 Å². The summed E-state index contributed by atoms with van der Waals surface area (Å²) in [5, 5.41) is 8.25. The molecule has 1 amide bonds. The molecule has 8 heteroatoms. The first-order valence-corrected chi connectivity index (χ1v) is 8.14. The molecule has 8 nitrogen and oxygen atoms in total. The summed E-state index contributed by atoms with van der Waals surface area (Å²) in [5.74, 6) is 1.30. The smallest absolute Gasteiger partial charge is 0.245 e. The maximum atomic E-state index is 12.8. The molecule has 130 valence electrons. The van der Waals surface area contributed by atoms with Crippen LogP contribution >= 0.6 is 0 Å². The van der Waals surface area contributed by atoms with Gasteiger partial charge in [0, 0.05) is 37.9 Å². The molecule has 0 aromatic carbocycles. The van der Waals surface area contributed by atoms with Crippen LogP contribution in [0.3, 0.4) is 0 Å². The average molecular weight is 332 g/mol. The summed E-state index contributed by atoms with van der Waals surface area (Å²) in [6, 6.07) is -0.0556. The van der Waals surface area contributed by atoms with Crippen LogP contribution in [0.15, 0.2) is 4.52 Å². The van der Waals surface area contributed by atoms with Gasteiger partial charge in [-0.3, -0.25) is 14.4 Å². The summed E-state index contributed by atoms with van der Waals surface area (Å²) in [5.41, 5.74) is 2.98. The zero-order valence-electron chi connectivity index (χ0n) is 14.9. The lowest BCUT2D eigenvalue weighted by Gasteiger charge is -2.37. The number of hydrogen-bond acceptors (Lipinski definition) is 6. The molecular weight excluding hydrogens is 308 g/mol. The Balaban J connectivity index is 1.73. The molecule has 1 saturated heterocycles. The Labute approximate surface area is 141 Å². The van der Waals surface area contributed by atoms with E-state index in [9.17, 15) is 4.79 Å². The van der Waals surface area contributed by atoms with E-state index in [2.05, 4.69) is 20.1 Å². The van der Waals surface area contributed by atoms with Crippen molar-refractivity contribution >= 4 is 5.91 Å². The Bertz CT molecular complexity index is 750. The summed E-state index contributed by atoms with van der Waals surface area (Å²) in [7, 11) is 3.92. The third kappa shape index (κ3) is 3.06. The Morgan fingerprint density at radius 1 is 1.25 bits per heavy atom. The van der Waals surface area contributed by atoms with Gasteiger partial charge in [0.05, 0.1) is 12.1 Å². The second kappa shape index (κ2) is 6.35. The van der Waals surface area contributed by atoms with E-state index in [-0.39, 0.29) is 11.9 Å². The van der Waals surface area contributed by atoms with Crippen LogP contribution in [0.5, 0.6) is 0 Å². The quantitative estimate of drug-likeness (QED) is 0.826. The van der Waals surface area contributed by atoms with Crippen molar-refractivity contribution in [3.8, 4) is 0 Å². The summed E-state index contributed by atoms with van der Waals surface area (Å²) < 4.78 is 7.13. The molecule has 0 aliphatic carbocycles. The molecular formula is C16H24N6O2. The lowest BCUT2D eigenvalue weighted by Crippen LogP contribution is -2.49. The van der Waals surface area contributed by atoms with Gasteiger partial charge in [-0.25, -0.2) is 0 Å². The molecule has 0 saturated carbocycles. The van der Waals surface area contributed by atoms with Gasteiger partial charge in [-0.1, -0.05) is 5.16 Å². The van der Waals surface area contributed by atoms with E-state index in [0.29, 0.717) is 31.2 Å². The second-order valence-electron chi connectivity index (χ2n) is 6.47. The molecule has 24 heavy (non-hydrogen) atoms. The molecule has 2 aromatic rings. The highest BCUT2D eigenvalue weighted by Crippen LogP contribution is 2.23. The molecule has 1 atom stereocenters. The van der Waals surface area contributed by atoms with Crippen molar-refractivity contribution in [1.82, 2.24) is 29.7 Å². The third-order valence-electron chi connectivity index (χ3n) is 4.82. The fraction of sp³-hybridized carbons (Fsp3) is 0.625. The van der Waals surface area contributed by atoms with Crippen molar-refractivity contribution in [1.29, 1.82) is 0 Å². The Morgan fingerprint density at radius 3 is 2.58 bits per heavy atom. The molecule has 0 radical (unpaired) electrons. The highest BCUT2D eigenvalue weighted by Gasteiger charge is 2.32. The van der Waals surface area contributed by atoms with Crippen molar-refractivity contribution < 1.29 is 9.32 Å². The number of amides is 1. The first kappa shape index (κ1) is 16.6. The van der Waals surface area contributed by atoms with E-state index in [4.69, 9.17) is 4.52 Å². The zero-order valence-corrected chi connectivity index (χ0v) is 14.9. The van der Waals surface area contributed by atoms with E-state index in [1.165, 1.54) is 0 Å². The number of carbonyl (C=O) groups is 1. The lowest BCUT2D eigenvalue weighted by atomic mass is 10.1. The van der Waals surface area contributed by atoms with Gasteiger partial charge < -0.3 is 9.42 Å². The molecule has 3 heterocycles.